The fraction of sp³-hybridized carbons (Fsp3) is 0.929. The summed E-state index contributed by atoms with van der Waals surface area (Å²) in [6.07, 6.45) is 0. The van der Waals surface area contributed by atoms with Gasteiger partial charge in [-0.1, -0.05) is 0 Å². The Balaban J connectivity index is -0.000000329. The van der Waals surface area contributed by atoms with Gasteiger partial charge < -0.3 is 33.9 Å². The molecular weight excluding hydrogens is 332 g/mol. The van der Waals surface area contributed by atoms with Crippen LogP contribution in [0.1, 0.15) is 13.8 Å². The number of halogens is 1. The highest BCUT2D eigenvalue weighted by atomic mass is 35.5. The molecular formula is C14H31ClO8. The van der Waals surface area contributed by atoms with Gasteiger partial charge in [0.2, 0.25) is 0 Å². The van der Waals surface area contributed by atoms with Crippen molar-refractivity contribution in [3.05, 3.63) is 0 Å². The largest absolute Gasteiger partial charge is 0.457 e. The fourth-order valence-electron chi connectivity index (χ4n) is 0.875. The molecule has 0 aliphatic rings. The first kappa shape index (κ1) is 27.4. The summed E-state index contributed by atoms with van der Waals surface area (Å²) in [7, 11) is 1.22. The molecule has 0 radical (unpaired) electrons. The predicted molar refractivity (Wildman–Crippen MR) is 87.1 cm³/mol. The number of aliphatic hydroxyl groups excluding tert-OH is 2. The molecule has 0 aromatic heterocycles. The topological polar surface area (TPSA) is 104 Å². The van der Waals surface area contributed by atoms with Crippen molar-refractivity contribution < 1.29 is 38.7 Å². The second-order valence-corrected chi connectivity index (χ2v) is 3.82. The Kier molecular flexibility index (Phi) is 35.1. The lowest BCUT2D eigenvalue weighted by atomic mass is 10.7. The van der Waals surface area contributed by atoms with Crippen molar-refractivity contribution in [1.82, 2.24) is 0 Å². The number of methoxy groups -OCH3 is 1. The zero-order chi connectivity index (χ0) is 18.2. The van der Waals surface area contributed by atoms with Crippen LogP contribution < -0.4 is 0 Å². The predicted octanol–water partition coefficient (Wildman–Crippen LogP) is 1.06. The summed E-state index contributed by atoms with van der Waals surface area (Å²) in [6.45, 7) is 8.43. The number of hydrogen-bond donors (Lipinski definition) is 2. The van der Waals surface area contributed by atoms with E-state index in [1.165, 1.54) is 7.11 Å². The van der Waals surface area contributed by atoms with Crippen molar-refractivity contribution in [3.63, 3.8) is 0 Å². The van der Waals surface area contributed by atoms with Crippen LogP contribution in [-0.2, 0) is 23.7 Å². The van der Waals surface area contributed by atoms with Crippen LogP contribution in [0.2, 0.25) is 0 Å². The number of aliphatic hydroxyl groups is 2. The molecule has 8 nitrogen and oxygen atoms in total. The van der Waals surface area contributed by atoms with Crippen molar-refractivity contribution >= 4 is 17.0 Å². The van der Waals surface area contributed by atoms with Gasteiger partial charge in [-0.05, 0) is 13.8 Å². The molecule has 0 amide bonds. The van der Waals surface area contributed by atoms with Gasteiger partial charge >= 0.3 is 5.43 Å². The molecule has 9 heteroatoms. The normalized spacial score (nSPS) is 9.30. The summed E-state index contributed by atoms with van der Waals surface area (Å²) < 4.78 is 23.7. The smallest absolute Gasteiger partial charge is 0.403 e. The lowest BCUT2D eigenvalue weighted by Gasteiger charge is -2.04. The molecule has 0 aliphatic heterocycles. The molecule has 0 rings (SSSR count). The molecule has 0 unspecified atom stereocenters. The lowest BCUT2D eigenvalue weighted by Crippen LogP contribution is -2.11. The first-order valence-corrected chi connectivity index (χ1v) is 7.74. The maximum Gasteiger partial charge on any atom is 0.403 e. The molecule has 0 heterocycles. The van der Waals surface area contributed by atoms with E-state index < -0.39 is 5.43 Å². The molecule has 23 heavy (non-hydrogen) atoms. The Morgan fingerprint density at radius 3 is 1.26 bits per heavy atom. The Morgan fingerprint density at radius 1 is 0.783 bits per heavy atom. The highest BCUT2D eigenvalue weighted by molar-refractivity contribution is 6.61. The molecule has 0 aliphatic carbocycles. The molecule has 0 saturated heterocycles. The third kappa shape index (κ3) is 44.9. The van der Waals surface area contributed by atoms with E-state index in [2.05, 4.69) is 16.3 Å². The monoisotopic (exact) mass is 362 g/mol. The molecule has 142 valence electrons. The van der Waals surface area contributed by atoms with E-state index in [4.69, 9.17) is 29.2 Å². The molecule has 0 bridgehead atoms. The lowest BCUT2D eigenvalue weighted by molar-refractivity contribution is 0.00230. The average Bonchev–Trinajstić information content (AvgIpc) is 2.55. The van der Waals surface area contributed by atoms with E-state index in [1.54, 1.807) is 0 Å². The summed E-state index contributed by atoms with van der Waals surface area (Å²) in [5, 5.41) is 16.7. The van der Waals surface area contributed by atoms with Gasteiger partial charge in [-0.2, -0.15) is 0 Å². The Labute approximate surface area is 143 Å². The van der Waals surface area contributed by atoms with Crippen molar-refractivity contribution in [2.45, 2.75) is 13.8 Å². The van der Waals surface area contributed by atoms with Crippen LogP contribution in [0.3, 0.4) is 0 Å². The fourth-order valence-corrected chi connectivity index (χ4v) is 0.875. The summed E-state index contributed by atoms with van der Waals surface area (Å²) in [6, 6.07) is 0. The molecule has 0 spiro atoms. The van der Waals surface area contributed by atoms with Crippen LogP contribution in [0.5, 0.6) is 0 Å². The number of rotatable bonds is 12. The third-order valence-electron chi connectivity index (χ3n) is 1.78. The first-order chi connectivity index (χ1) is 11.1. The Bertz CT molecular complexity index is 195. The minimum absolute atomic E-state index is 0.0413. The van der Waals surface area contributed by atoms with Crippen LogP contribution in [0, 0.1) is 0 Å². The second-order valence-electron chi connectivity index (χ2n) is 3.51. The molecule has 0 saturated carbocycles. The third-order valence-corrected chi connectivity index (χ3v) is 1.94. The molecule has 0 aromatic carbocycles. The SMILES string of the molecule is CCOCC.COC(=O)Cl.OCCOCCOCCOCCO. The molecule has 0 aromatic rings. The minimum Gasteiger partial charge on any atom is -0.457 e. The van der Waals surface area contributed by atoms with Gasteiger partial charge in [-0.15, -0.1) is 0 Å². The second kappa shape index (κ2) is 29.5. The zero-order valence-corrected chi connectivity index (χ0v) is 15.0. The van der Waals surface area contributed by atoms with Gasteiger partial charge in [0.15, 0.2) is 0 Å². The van der Waals surface area contributed by atoms with Crippen LogP contribution >= 0.6 is 11.6 Å². The molecule has 0 atom stereocenters. The van der Waals surface area contributed by atoms with E-state index in [0.717, 1.165) is 13.2 Å². The first-order valence-electron chi connectivity index (χ1n) is 7.36. The van der Waals surface area contributed by atoms with E-state index >= 15 is 0 Å². The van der Waals surface area contributed by atoms with Gasteiger partial charge in [-0.3, -0.25) is 0 Å². The van der Waals surface area contributed by atoms with Crippen LogP contribution in [0.15, 0.2) is 0 Å². The van der Waals surface area contributed by atoms with Gasteiger partial charge in [0.1, 0.15) is 0 Å². The Morgan fingerprint density at radius 2 is 1.09 bits per heavy atom. The summed E-state index contributed by atoms with van der Waals surface area (Å²) in [4.78, 5) is 9.36. The summed E-state index contributed by atoms with van der Waals surface area (Å²) in [5.74, 6) is 0. The summed E-state index contributed by atoms with van der Waals surface area (Å²) >= 11 is 4.60. The van der Waals surface area contributed by atoms with Gasteiger partial charge in [0, 0.05) is 24.8 Å². The molecule has 2 N–H and O–H groups in total. The van der Waals surface area contributed by atoms with E-state index in [1.807, 2.05) is 13.8 Å². The number of carbonyl (C=O) groups excluding carboxylic acids is 1. The maximum atomic E-state index is 9.36. The average molecular weight is 363 g/mol. The van der Waals surface area contributed by atoms with Crippen LogP contribution in [0.25, 0.3) is 0 Å². The minimum atomic E-state index is -0.773. The van der Waals surface area contributed by atoms with Crippen molar-refractivity contribution in [2.24, 2.45) is 0 Å². The number of carbonyl (C=O) groups is 1. The standard InChI is InChI=1S/C8H18O5.C4H10O.C2H3ClO2/c9-1-3-11-5-7-13-8-6-12-4-2-10;1-3-5-4-2;1-5-2(3)4/h9-10H,1-8H2;3-4H2,1-2H3;1H3. The van der Waals surface area contributed by atoms with Crippen LogP contribution in [-0.4, -0.2) is 88.8 Å². The summed E-state index contributed by atoms with van der Waals surface area (Å²) in [5.41, 5.74) is -0.773. The van der Waals surface area contributed by atoms with E-state index in [-0.39, 0.29) is 13.2 Å². The van der Waals surface area contributed by atoms with Crippen molar-refractivity contribution in [2.75, 3.05) is 73.2 Å². The quantitative estimate of drug-likeness (QED) is 0.392. The van der Waals surface area contributed by atoms with Crippen molar-refractivity contribution in [3.8, 4) is 0 Å². The zero-order valence-electron chi connectivity index (χ0n) is 14.3. The van der Waals surface area contributed by atoms with E-state index in [0.29, 0.717) is 39.6 Å². The highest BCUT2D eigenvalue weighted by Crippen LogP contribution is 1.80. The van der Waals surface area contributed by atoms with Gasteiger partial charge in [-0.25, -0.2) is 4.79 Å². The van der Waals surface area contributed by atoms with Crippen molar-refractivity contribution in [1.29, 1.82) is 0 Å². The van der Waals surface area contributed by atoms with Crippen LogP contribution in [0.4, 0.5) is 4.79 Å². The molecule has 0 fully saturated rings. The maximum absolute atomic E-state index is 9.36. The van der Waals surface area contributed by atoms with Gasteiger partial charge in [0.05, 0.1) is 60.0 Å². The number of ether oxygens (including phenoxy) is 5. The number of hydrogen-bond acceptors (Lipinski definition) is 8. The van der Waals surface area contributed by atoms with Gasteiger partial charge in [0.25, 0.3) is 0 Å². The highest BCUT2D eigenvalue weighted by Gasteiger charge is 1.89. The van der Waals surface area contributed by atoms with E-state index in [9.17, 15) is 4.79 Å². The Hall–Kier alpha value is -0.480.